The zero-order valence-corrected chi connectivity index (χ0v) is 8.11. The lowest BCUT2D eigenvalue weighted by Gasteiger charge is -1.95. The zero-order chi connectivity index (χ0) is 9.68. The number of hydrogen-bond acceptors (Lipinski definition) is 3. The molecule has 1 N–H and O–H groups in total. The molecule has 14 heavy (non-hydrogen) atoms. The number of nitro benzene ring substituents is 1. The predicted molar refractivity (Wildman–Crippen MR) is 55.8 cm³/mol. The van der Waals surface area contributed by atoms with E-state index in [-0.39, 0.29) is 18.1 Å². The van der Waals surface area contributed by atoms with Crippen LogP contribution in [0.4, 0.5) is 5.69 Å². The second-order valence-electron chi connectivity index (χ2n) is 2.52. The van der Waals surface area contributed by atoms with Gasteiger partial charge in [0, 0.05) is 12.1 Å². The first-order chi connectivity index (χ1) is 6.24. The van der Waals surface area contributed by atoms with Crippen molar-refractivity contribution in [1.29, 1.82) is 0 Å². The van der Waals surface area contributed by atoms with E-state index in [0.29, 0.717) is 6.42 Å². The molecule has 0 radical (unpaired) electrons. The Bertz CT molecular complexity index is 339. The fourth-order valence-electron chi connectivity index (χ4n) is 0.986. The number of allylic oxidation sites excluding steroid dienone is 1. The number of aliphatic hydroxyl groups is 1. The van der Waals surface area contributed by atoms with Crippen molar-refractivity contribution in [2.24, 2.45) is 0 Å². The van der Waals surface area contributed by atoms with E-state index in [9.17, 15) is 10.1 Å². The van der Waals surface area contributed by atoms with Crippen molar-refractivity contribution < 1.29 is 10.0 Å². The Morgan fingerprint density at radius 3 is 2.79 bits per heavy atom. The van der Waals surface area contributed by atoms with Gasteiger partial charge in [-0.05, 0) is 18.1 Å². The summed E-state index contributed by atoms with van der Waals surface area (Å²) in [5.41, 5.74) is 0.878. The molecule has 1 aromatic carbocycles. The molecule has 0 spiro atoms. The van der Waals surface area contributed by atoms with Gasteiger partial charge in [0.15, 0.2) is 0 Å². The van der Waals surface area contributed by atoms with Crippen LogP contribution in [-0.2, 0) is 6.42 Å². The molecule has 0 aliphatic carbocycles. The molecule has 4 nitrogen and oxygen atoms in total. The molecule has 5 heteroatoms. The van der Waals surface area contributed by atoms with Gasteiger partial charge in [-0.25, -0.2) is 0 Å². The lowest BCUT2D eigenvalue weighted by atomic mass is 10.1. The summed E-state index contributed by atoms with van der Waals surface area (Å²) >= 11 is 0. The maximum atomic E-state index is 10.4. The molecule has 1 aromatic rings. The van der Waals surface area contributed by atoms with Crippen LogP contribution in [-0.4, -0.2) is 10.0 Å². The molecule has 0 aliphatic rings. The summed E-state index contributed by atoms with van der Waals surface area (Å²) in [6, 6.07) is 6.32. The van der Waals surface area contributed by atoms with E-state index in [2.05, 4.69) is 0 Å². The topological polar surface area (TPSA) is 63.4 Å². The van der Waals surface area contributed by atoms with Crippen LogP contribution >= 0.6 is 12.4 Å². The van der Waals surface area contributed by atoms with E-state index in [1.807, 2.05) is 0 Å². The molecule has 0 aromatic heterocycles. The molecule has 0 aliphatic heterocycles. The average molecular weight is 216 g/mol. The van der Waals surface area contributed by atoms with E-state index in [1.165, 1.54) is 18.2 Å². The van der Waals surface area contributed by atoms with Gasteiger partial charge >= 0.3 is 0 Å². The van der Waals surface area contributed by atoms with Gasteiger partial charge in [0.2, 0.25) is 0 Å². The van der Waals surface area contributed by atoms with Crippen LogP contribution in [0.2, 0.25) is 0 Å². The third-order valence-corrected chi connectivity index (χ3v) is 1.58. The highest BCUT2D eigenvalue weighted by molar-refractivity contribution is 5.85. The van der Waals surface area contributed by atoms with Crippen LogP contribution in [0, 0.1) is 10.1 Å². The minimum absolute atomic E-state index is 0. The number of nitro groups is 1. The predicted octanol–water partition coefficient (Wildman–Crippen LogP) is 2.63. The molecule has 76 valence electrons. The van der Waals surface area contributed by atoms with Gasteiger partial charge in [-0.15, -0.1) is 12.4 Å². The van der Waals surface area contributed by atoms with Crippen molar-refractivity contribution in [3.05, 3.63) is 52.3 Å². The Balaban J connectivity index is 0.00000169. The van der Waals surface area contributed by atoms with Gasteiger partial charge in [0.1, 0.15) is 0 Å². The van der Waals surface area contributed by atoms with Gasteiger partial charge in [-0.1, -0.05) is 12.1 Å². The van der Waals surface area contributed by atoms with Gasteiger partial charge < -0.3 is 5.11 Å². The van der Waals surface area contributed by atoms with E-state index in [0.717, 1.165) is 11.8 Å². The van der Waals surface area contributed by atoms with Crippen LogP contribution in [0.1, 0.15) is 5.56 Å². The first-order valence-electron chi connectivity index (χ1n) is 3.76. The van der Waals surface area contributed by atoms with E-state index in [1.54, 1.807) is 12.1 Å². The molecule has 0 atom stereocenters. The summed E-state index contributed by atoms with van der Waals surface area (Å²) in [7, 11) is 0. The molecule has 0 bridgehead atoms. The van der Waals surface area contributed by atoms with E-state index in [4.69, 9.17) is 5.11 Å². The molecular formula is C9H10ClNO3. The van der Waals surface area contributed by atoms with Crippen molar-refractivity contribution in [3.63, 3.8) is 0 Å². The largest absolute Gasteiger partial charge is 0.516 e. The highest BCUT2D eigenvalue weighted by Gasteiger charge is 2.03. The maximum absolute atomic E-state index is 10.4. The molecule has 0 fully saturated rings. The minimum Gasteiger partial charge on any atom is -0.516 e. The summed E-state index contributed by atoms with van der Waals surface area (Å²) in [6.45, 7) is 0. The standard InChI is InChI=1S/C9H9NO3.ClH/c11-6-2-4-8-3-1-5-9(7-8)10(12)13;/h1-3,5-7,11H,4H2;1H. The molecule has 0 saturated heterocycles. The SMILES string of the molecule is Cl.O=[N+]([O-])c1cccc(CC=CO)c1. The van der Waals surface area contributed by atoms with Crippen molar-refractivity contribution in [3.8, 4) is 0 Å². The molecule has 0 amide bonds. The quantitative estimate of drug-likeness (QED) is 0.479. The Morgan fingerprint density at radius 2 is 2.21 bits per heavy atom. The normalized spacial score (nSPS) is 9.71. The lowest BCUT2D eigenvalue weighted by molar-refractivity contribution is -0.384. The first kappa shape index (κ1) is 12.4. The number of rotatable bonds is 3. The van der Waals surface area contributed by atoms with Crippen molar-refractivity contribution in [2.75, 3.05) is 0 Å². The average Bonchev–Trinajstić information content (AvgIpc) is 2.15. The summed E-state index contributed by atoms with van der Waals surface area (Å²) in [4.78, 5) is 9.93. The van der Waals surface area contributed by atoms with E-state index < -0.39 is 4.92 Å². The fraction of sp³-hybridized carbons (Fsp3) is 0.111. The van der Waals surface area contributed by atoms with Crippen LogP contribution in [0.3, 0.4) is 0 Å². The maximum Gasteiger partial charge on any atom is 0.269 e. The zero-order valence-electron chi connectivity index (χ0n) is 7.29. The summed E-state index contributed by atoms with van der Waals surface area (Å²) in [5, 5.41) is 18.8. The number of halogens is 1. The Morgan fingerprint density at radius 1 is 1.50 bits per heavy atom. The van der Waals surface area contributed by atoms with Crippen molar-refractivity contribution in [2.45, 2.75) is 6.42 Å². The highest BCUT2D eigenvalue weighted by atomic mass is 35.5. The monoisotopic (exact) mass is 215 g/mol. The van der Waals surface area contributed by atoms with Gasteiger partial charge in [-0.2, -0.15) is 0 Å². The number of nitrogens with zero attached hydrogens (tertiary/aromatic N) is 1. The van der Waals surface area contributed by atoms with Gasteiger partial charge in [-0.3, -0.25) is 10.1 Å². The van der Waals surface area contributed by atoms with Crippen LogP contribution < -0.4 is 0 Å². The number of hydrogen-bond donors (Lipinski definition) is 1. The van der Waals surface area contributed by atoms with E-state index >= 15 is 0 Å². The van der Waals surface area contributed by atoms with Crippen LogP contribution in [0.15, 0.2) is 36.6 Å². The molecule has 0 saturated carbocycles. The third kappa shape index (κ3) is 3.45. The minimum atomic E-state index is -0.438. The second kappa shape index (κ2) is 5.99. The number of benzene rings is 1. The molecule has 1 rings (SSSR count). The Hall–Kier alpha value is -1.55. The second-order valence-corrected chi connectivity index (χ2v) is 2.52. The van der Waals surface area contributed by atoms with Crippen LogP contribution in [0.5, 0.6) is 0 Å². The molecule has 0 unspecified atom stereocenters. The van der Waals surface area contributed by atoms with Gasteiger partial charge in [0.25, 0.3) is 5.69 Å². The smallest absolute Gasteiger partial charge is 0.269 e. The van der Waals surface area contributed by atoms with Crippen molar-refractivity contribution in [1.82, 2.24) is 0 Å². The molecule has 0 heterocycles. The fourth-order valence-corrected chi connectivity index (χ4v) is 0.986. The first-order valence-corrected chi connectivity index (χ1v) is 3.76. The summed E-state index contributed by atoms with van der Waals surface area (Å²) < 4.78 is 0. The number of aliphatic hydroxyl groups excluding tert-OH is 1. The molecular weight excluding hydrogens is 206 g/mol. The summed E-state index contributed by atoms with van der Waals surface area (Å²) in [6.07, 6.45) is 2.95. The summed E-state index contributed by atoms with van der Waals surface area (Å²) in [5.74, 6) is 0. The Kier molecular flexibility index (Phi) is 5.33. The lowest BCUT2D eigenvalue weighted by Crippen LogP contribution is -1.89. The van der Waals surface area contributed by atoms with Gasteiger partial charge in [0.05, 0.1) is 11.2 Å². The third-order valence-electron chi connectivity index (χ3n) is 1.58. The van der Waals surface area contributed by atoms with Crippen LogP contribution in [0.25, 0.3) is 0 Å². The van der Waals surface area contributed by atoms with Crippen molar-refractivity contribution >= 4 is 18.1 Å². The Labute approximate surface area is 87.4 Å². The number of non-ortho nitro benzene ring substituents is 1. The highest BCUT2D eigenvalue weighted by Crippen LogP contribution is 2.13.